The Morgan fingerprint density at radius 2 is 2.25 bits per heavy atom. The minimum atomic E-state index is -0.854. The van der Waals surface area contributed by atoms with Crippen molar-refractivity contribution in [3.05, 3.63) is 27.4 Å². The molecule has 0 aromatic carbocycles. The minimum Gasteiger partial charge on any atom is -0.481 e. The van der Waals surface area contributed by atoms with Gasteiger partial charge in [0.1, 0.15) is 9.88 Å². The van der Waals surface area contributed by atoms with E-state index in [1.165, 1.54) is 11.3 Å². The Hall–Kier alpha value is -1.73. The second kappa shape index (κ2) is 6.62. The van der Waals surface area contributed by atoms with Crippen molar-refractivity contribution in [3.63, 3.8) is 0 Å². The quantitative estimate of drug-likeness (QED) is 0.804. The molecule has 2 N–H and O–H groups in total. The van der Waals surface area contributed by atoms with E-state index in [9.17, 15) is 9.59 Å². The Balaban J connectivity index is 1.98. The molecule has 2 heterocycles. The molecule has 20 heavy (non-hydrogen) atoms. The Morgan fingerprint density at radius 3 is 2.90 bits per heavy atom. The minimum absolute atomic E-state index is 0.0576. The van der Waals surface area contributed by atoms with Crippen LogP contribution in [-0.2, 0) is 4.79 Å². The Kier molecular flexibility index (Phi) is 4.86. The van der Waals surface area contributed by atoms with E-state index < -0.39 is 5.97 Å². The molecule has 2 rings (SSSR count). The molecule has 0 bridgehead atoms. The summed E-state index contributed by atoms with van der Waals surface area (Å²) < 4.78 is 0. The molecular formula is C13H14N2O3S2. The summed E-state index contributed by atoms with van der Waals surface area (Å²) in [5, 5.41) is 16.0. The van der Waals surface area contributed by atoms with Crippen molar-refractivity contribution in [2.45, 2.75) is 19.8 Å². The number of aryl methyl sites for hydroxylation is 1. The van der Waals surface area contributed by atoms with Gasteiger partial charge in [0.2, 0.25) is 0 Å². The number of carbonyl (C=O) groups excluding carboxylic acids is 1. The number of amides is 1. The number of aliphatic carboxylic acids is 1. The first-order valence-corrected chi connectivity index (χ1v) is 7.84. The summed E-state index contributed by atoms with van der Waals surface area (Å²) in [5.74, 6) is -1.04. The highest BCUT2D eigenvalue weighted by atomic mass is 32.1. The largest absolute Gasteiger partial charge is 0.481 e. The Bertz CT molecular complexity index is 605. The normalized spacial score (nSPS) is 10.4. The molecule has 0 saturated carbocycles. The van der Waals surface area contributed by atoms with Gasteiger partial charge in [0.25, 0.3) is 5.91 Å². The fourth-order valence-corrected chi connectivity index (χ4v) is 3.33. The average Bonchev–Trinajstić information content (AvgIpc) is 3.02. The van der Waals surface area contributed by atoms with Crippen LogP contribution in [0.3, 0.4) is 0 Å². The van der Waals surface area contributed by atoms with Crippen LogP contribution in [-0.4, -0.2) is 28.5 Å². The molecule has 106 valence electrons. The van der Waals surface area contributed by atoms with Gasteiger partial charge in [-0.05, 0) is 24.8 Å². The predicted molar refractivity (Wildman–Crippen MR) is 79.4 cm³/mol. The molecular weight excluding hydrogens is 296 g/mol. The molecule has 2 aromatic rings. The van der Waals surface area contributed by atoms with Crippen molar-refractivity contribution in [1.29, 1.82) is 0 Å². The van der Waals surface area contributed by atoms with Crippen LogP contribution in [0, 0.1) is 6.92 Å². The fraction of sp³-hybridized carbons (Fsp3) is 0.308. The molecule has 0 aliphatic heterocycles. The number of nitrogens with one attached hydrogen (secondary N) is 1. The molecule has 5 nitrogen and oxygen atoms in total. The molecule has 1 amide bonds. The summed E-state index contributed by atoms with van der Waals surface area (Å²) in [6.07, 6.45) is 0.485. The van der Waals surface area contributed by atoms with E-state index in [4.69, 9.17) is 5.11 Å². The Morgan fingerprint density at radius 1 is 1.45 bits per heavy atom. The molecule has 0 spiro atoms. The lowest BCUT2D eigenvalue weighted by atomic mass is 10.3. The molecule has 0 saturated heterocycles. The summed E-state index contributed by atoms with van der Waals surface area (Å²) in [4.78, 5) is 27.4. The maximum Gasteiger partial charge on any atom is 0.303 e. The number of thiophene rings is 1. The van der Waals surface area contributed by atoms with Crippen molar-refractivity contribution < 1.29 is 14.7 Å². The molecule has 0 aliphatic rings. The van der Waals surface area contributed by atoms with Gasteiger partial charge >= 0.3 is 5.97 Å². The number of thiazole rings is 1. The summed E-state index contributed by atoms with van der Waals surface area (Å²) >= 11 is 2.94. The van der Waals surface area contributed by atoms with Crippen molar-refractivity contribution >= 4 is 34.6 Å². The van der Waals surface area contributed by atoms with E-state index in [0.29, 0.717) is 23.5 Å². The molecule has 7 heteroatoms. The van der Waals surface area contributed by atoms with E-state index in [0.717, 1.165) is 10.6 Å². The zero-order valence-corrected chi connectivity index (χ0v) is 12.5. The second-order valence-corrected chi connectivity index (χ2v) is 5.98. The van der Waals surface area contributed by atoms with Gasteiger partial charge in [-0.15, -0.1) is 11.3 Å². The first-order valence-electron chi connectivity index (χ1n) is 6.08. The highest BCUT2D eigenvalue weighted by Crippen LogP contribution is 2.29. The number of rotatable bonds is 6. The summed E-state index contributed by atoms with van der Waals surface area (Å²) in [6.45, 7) is 2.16. The average molecular weight is 310 g/mol. The maximum absolute atomic E-state index is 12.0. The topological polar surface area (TPSA) is 79.3 Å². The lowest BCUT2D eigenvalue weighted by molar-refractivity contribution is -0.137. The van der Waals surface area contributed by atoms with Crippen molar-refractivity contribution in [2.75, 3.05) is 6.54 Å². The van der Waals surface area contributed by atoms with Gasteiger partial charge in [-0.25, -0.2) is 4.98 Å². The molecule has 0 fully saturated rings. The van der Waals surface area contributed by atoms with Crippen molar-refractivity contribution in [1.82, 2.24) is 10.3 Å². The van der Waals surface area contributed by atoms with Gasteiger partial charge < -0.3 is 10.4 Å². The highest BCUT2D eigenvalue weighted by molar-refractivity contribution is 7.17. The van der Waals surface area contributed by atoms with Crippen LogP contribution in [0.2, 0.25) is 0 Å². The van der Waals surface area contributed by atoms with Gasteiger partial charge in [0, 0.05) is 23.9 Å². The lowest BCUT2D eigenvalue weighted by Crippen LogP contribution is -2.24. The van der Waals surface area contributed by atoms with Crippen LogP contribution >= 0.6 is 22.7 Å². The third-order valence-corrected chi connectivity index (χ3v) is 4.51. The maximum atomic E-state index is 12.0. The second-order valence-electron chi connectivity index (χ2n) is 4.20. The Labute approximate surface area is 124 Å². The smallest absolute Gasteiger partial charge is 0.303 e. The van der Waals surface area contributed by atoms with E-state index in [-0.39, 0.29) is 12.3 Å². The number of carbonyl (C=O) groups is 2. The van der Waals surface area contributed by atoms with Gasteiger partial charge in [-0.3, -0.25) is 9.59 Å². The fourth-order valence-electron chi connectivity index (χ4n) is 1.64. The summed E-state index contributed by atoms with van der Waals surface area (Å²) in [5.41, 5.74) is 1.72. The summed E-state index contributed by atoms with van der Waals surface area (Å²) in [6, 6.07) is 1.97. The monoisotopic (exact) mass is 310 g/mol. The number of nitrogens with zero attached hydrogens (tertiary/aromatic N) is 1. The highest BCUT2D eigenvalue weighted by Gasteiger charge is 2.16. The molecule has 0 atom stereocenters. The number of aromatic nitrogens is 1. The van der Waals surface area contributed by atoms with E-state index >= 15 is 0 Å². The number of hydrogen-bond acceptors (Lipinski definition) is 5. The van der Waals surface area contributed by atoms with Gasteiger partial charge in [-0.2, -0.15) is 11.3 Å². The predicted octanol–water partition coefficient (Wildman–Crippen LogP) is 2.77. The van der Waals surface area contributed by atoms with Crippen LogP contribution in [0.4, 0.5) is 0 Å². The van der Waals surface area contributed by atoms with Crippen molar-refractivity contribution in [2.24, 2.45) is 0 Å². The number of carboxylic acid groups (broad SMARTS) is 1. The van der Waals surface area contributed by atoms with Crippen LogP contribution in [0.15, 0.2) is 16.8 Å². The number of hydrogen-bond donors (Lipinski definition) is 2. The third kappa shape index (κ3) is 3.64. The number of carboxylic acids is 1. The van der Waals surface area contributed by atoms with Crippen LogP contribution in [0.1, 0.15) is 28.2 Å². The zero-order chi connectivity index (χ0) is 14.5. The van der Waals surface area contributed by atoms with Crippen molar-refractivity contribution in [3.8, 4) is 10.6 Å². The third-order valence-electron chi connectivity index (χ3n) is 2.62. The molecule has 0 unspecified atom stereocenters. The van der Waals surface area contributed by atoms with E-state index in [1.54, 1.807) is 18.3 Å². The SMILES string of the molecule is Cc1nc(-c2ccsc2)sc1C(=O)NCCCC(=O)O. The lowest BCUT2D eigenvalue weighted by Gasteiger charge is -2.02. The van der Waals surface area contributed by atoms with E-state index in [1.807, 2.05) is 16.8 Å². The van der Waals surface area contributed by atoms with E-state index in [2.05, 4.69) is 10.3 Å². The first-order chi connectivity index (χ1) is 9.58. The van der Waals surface area contributed by atoms with Gasteiger partial charge in [0.15, 0.2) is 0 Å². The van der Waals surface area contributed by atoms with Crippen LogP contribution in [0.5, 0.6) is 0 Å². The standard InChI is InChI=1S/C13H14N2O3S2/c1-8-11(12(18)14-5-2-3-10(16)17)20-13(15-8)9-4-6-19-7-9/h4,6-7H,2-3,5H2,1H3,(H,14,18)(H,16,17). The molecule has 2 aromatic heterocycles. The van der Waals surface area contributed by atoms with Gasteiger partial charge in [0.05, 0.1) is 5.69 Å². The van der Waals surface area contributed by atoms with Crippen LogP contribution in [0.25, 0.3) is 10.6 Å². The zero-order valence-electron chi connectivity index (χ0n) is 10.9. The first kappa shape index (κ1) is 14.7. The summed E-state index contributed by atoms with van der Waals surface area (Å²) in [7, 11) is 0. The van der Waals surface area contributed by atoms with Gasteiger partial charge in [-0.1, -0.05) is 0 Å². The van der Waals surface area contributed by atoms with Crippen LogP contribution < -0.4 is 5.32 Å². The molecule has 0 aliphatic carbocycles. The molecule has 0 radical (unpaired) electrons.